The van der Waals surface area contributed by atoms with Gasteiger partial charge in [0.1, 0.15) is 6.04 Å². The van der Waals surface area contributed by atoms with E-state index in [9.17, 15) is 14.4 Å². The molecule has 0 aromatic heterocycles. The highest BCUT2D eigenvalue weighted by Crippen LogP contribution is 2.23. The van der Waals surface area contributed by atoms with E-state index in [4.69, 9.17) is 10.8 Å². The fourth-order valence-electron chi connectivity index (χ4n) is 2.38. The third-order valence-corrected chi connectivity index (χ3v) is 3.56. The molecule has 0 spiro atoms. The lowest BCUT2D eigenvalue weighted by atomic mass is 9.85. The van der Waals surface area contributed by atoms with Crippen LogP contribution in [0.25, 0.3) is 0 Å². The van der Waals surface area contributed by atoms with Crippen molar-refractivity contribution in [1.82, 2.24) is 5.32 Å². The summed E-state index contributed by atoms with van der Waals surface area (Å²) in [4.78, 5) is 34.1. The Bertz CT molecular complexity index is 372. The maximum Gasteiger partial charge on any atom is 0.326 e. The van der Waals surface area contributed by atoms with Gasteiger partial charge in [-0.1, -0.05) is 6.42 Å². The van der Waals surface area contributed by atoms with Crippen molar-refractivity contribution >= 4 is 17.8 Å². The van der Waals surface area contributed by atoms with Crippen molar-refractivity contribution in [1.29, 1.82) is 0 Å². The molecule has 1 fully saturated rings. The van der Waals surface area contributed by atoms with Crippen LogP contribution in [0.4, 0.5) is 0 Å². The minimum atomic E-state index is -1.15. The number of methoxy groups -OCH3 is 1. The van der Waals surface area contributed by atoms with Crippen LogP contribution in [0.5, 0.6) is 0 Å². The van der Waals surface area contributed by atoms with Crippen molar-refractivity contribution in [2.24, 2.45) is 11.7 Å². The van der Waals surface area contributed by atoms with Crippen LogP contribution in [-0.4, -0.2) is 42.1 Å². The zero-order valence-electron chi connectivity index (χ0n) is 11.6. The van der Waals surface area contributed by atoms with E-state index in [-0.39, 0.29) is 30.7 Å². The second-order valence-corrected chi connectivity index (χ2v) is 5.14. The molecule has 2 unspecified atom stereocenters. The highest BCUT2D eigenvalue weighted by atomic mass is 16.5. The number of rotatable bonds is 6. The number of nitrogens with one attached hydrogen (secondary N) is 1. The van der Waals surface area contributed by atoms with Crippen LogP contribution < -0.4 is 11.1 Å². The molecular formula is C13H22N2O5. The summed E-state index contributed by atoms with van der Waals surface area (Å²) in [7, 11) is 1.24. The van der Waals surface area contributed by atoms with Crippen molar-refractivity contribution in [2.45, 2.75) is 50.6 Å². The lowest BCUT2D eigenvalue weighted by Gasteiger charge is -2.26. The predicted molar refractivity (Wildman–Crippen MR) is 70.7 cm³/mol. The van der Waals surface area contributed by atoms with E-state index in [1.807, 2.05) is 0 Å². The van der Waals surface area contributed by atoms with Gasteiger partial charge in [0.2, 0.25) is 5.91 Å². The minimum absolute atomic E-state index is 0.00199. The highest BCUT2D eigenvalue weighted by Gasteiger charge is 2.29. The summed E-state index contributed by atoms with van der Waals surface area (Å²) >= 11 is 0. The van der Waals surface area contributed by atoms with Crippen LogP contribution in [-0.2, 0) is 19.1 Å². The van der Waals surface area contributed by atoms with Crippen LogP contribution in [0, 0.1) is 5.92 Å². The molecule has 0 heterocycles. The molecule has 3 atom stereocenters. The van der Waals surface area contributed by atoms with E-state index < -0.39 is 18.0 Å². The number of ether oxygens (including phenoxy) is 1. The molecule has 1 aliphatic carbocycles. The van der Waals surface area contributed by atoms with Gasteiger partial charge in [0.25, 0.3) is 0 Å². The number of carboxylic acids is 1. The molecule has 0 saturated heterocycles. The minimum Gasteiger partial charge on any atom is -0.480 e. The molecule has 0 aliphatic heterocycles. The first kappa shape index (κ1) is 16.4. The van der Waals surface area contributed by atoms with E-state index in [2.05, 4.69) is 10.1 Å². The second-order valence-electron chi connectivity index (χ2n) is 5.14. The zero-order valence-corrected chi connectivity index (χ0v) is 11.6. The number of aliphatic carboxylic acids is 1. The Hall–Kier alpha value is -1.63. The van der Waals surface area contributed by atoms with Gasteiger partial charge in [-0.25, -0.2) is 4.79 Å². The molecule has 7 heteroatoms. The maximum atomic E-state index is 12.0. The normalized spacial score (nSPS) is 23.7. The molecular weight excluding hydrogens is 264 g/mol. The zero-order chi connectivity index (χ0) is 15.1. The summed E-state index contributed by atoms with van der Waals surface area (Å²) in [5.74, 6) is -2.18. The molecule has 114 valence electrons. The Kier molecular flexibility index (Phi) is 6.44. The first-order valence-corrected chi connectivity index (χ1v) is 6.79. The fraction of sp³-hybridized carbons (Fsp3) is 0.769. The van der Waals surface area contributed by atoms with Crippen LogP contribution in [0.1, 0.15) is 38.5 Å². The van der Waals surface area contributed by atoms with Gasteiger partial charge in [-0.3, -0.25) is 9.59 Å². The summed E-state index contributed by atoms with van der Waals surface area (Å²) in [6.07, 6.45) is 3.05. The maximum absolute atomic E-state index is 12.0. The lowest BCUT2D eigenvalue weighted by Crippen LogP contribution is -2.45. The SMILES string of the molecule is COC(=O)CC[C@@H](NC(=O)C1CCCC(N)C1)C(=O)O. The summed E-state index contributed by atoms with van der Waals surface area (Å²) in [6.45, 7) is 0. The number of esters is 1. The number of hydrogen-bond donors (Lipinski definition) is 3. The largest absolute Gasteiger partial charge is 0.480 e. The average molecular weight is 286 g/mol. The van der Waals surface area contributed by atoms with Gasteiger partial charge in [0.05, 0.1) is 7.11 Å². The van der Waals surface area contributed by atoms with E-state index >= 15 is 0 Å². The third-order valence-electron chi connectivity index (χ3n) is 3.56. The molecule has 1 aliphatic rings. The molecule has 0 bridgehead atoms. The fourth-order valence-corrected chi connectivity index (χ4v) is 2.38. The summed E-state index contributed by atoms with van der Waals surface area (Å²) < 4.78 is 4.45. The first-order chi connectivity index (χ1) is 9.43. The summed E-state index contributed by atoms with van der Waals surface area (Å²) in [5.41, 5.74) is 5.81. The van der Waals surface area contributed by atoms with Gasteiger partial charge >= 0.3 is 11.9 Å². The Balaban J connectivity index is 2.49. The van der Waals surface area contributed by atoms with E-state index in [0.29, 0.717) is 6.42 Å². The Morgan fingerprint density at radius 1 is 1.40 bits per heavy atom. The average Bonchev–Trinajstić information content (AvgIpc) is 2.42. The number of carboxylic acid groups (broad SMARTS) is 1. The molecule has 7 nitrogen and oxygen atoms in total. The lowest BCUT2D eigenvalue weighted by molar-refractivity contribution is -0.144. The number of amides is 1. The Morgan fingerprint density at radius 2 is 2.10 bits per heavy atom. The van der Waals surface area contributed by atoms with Crippen molar-refractivity contribution in [3.63, 3.8) is 0 Å². The molecule has 0 aromatic rings. The smallest absolute Gasteiger partial charge is 0.326 e. The first-order valence-electron chi connectivity index (χ1n) is 6.79. The van der Waals surface area contributed by atoms with Crippen LogP contribution in [0.3, 0.4) is 0 Å². The number of carbonyl (C=O) groups is 3. The molecule has 20 heavy (non-hydrogen) atoms. The number of nitrogens with two attached hydrogens (primary N) is 1. The van der Waals surface area contributed by atoms with Crippen molar-refractivity contribution in [3.05, 3.63) is 0 Å². The van der Waals surface area contributed by atoms with Crippen LogP contribution in [0.15, 0.2) is 0 Å². The van der Waals surface area contributed by atoms with Crippen molar-refractivity contribution in [3.8, 4) is 0 Å². The monoisotopic (exact) mass is 286 g/mol. The molecule has 4 N–H and O–H groups in total. The predicted octanol–water partition coefficient (Wildman–Crippen LogP) is 0.0265. The van der Waals surface area contributed by atoms with Crippen molar-refractivity contribution < 1.29 is 24.2 Å². The topological polar surface area (TPSA) is 119 Å². The van der Waals surface area contributed by atoms with Gasteiger partial charge in [0.15, 0.2) is 0 Å². The second kappa shape index (κ2) is 7.84. The van der Waals surface area contributed by atoms with E-state index in [1.165, 1.54) is 7.11 Å². The Morgan fingerprint density at radius 3 is 2.65 bits per heavy atom. The molecule has 0 aromatic carbocycles. The molecule has 1 saturated carbocycles. The van der Waals surface area contributed by atoms with Gasteiger partial charge < -0.3 is 20.9 Å². The number of hydrogen-bond acceptors (Lipinski definition) is 5. The number of carbonyl (C=O) groups excluding carboxylic acids is 2. The summed E-state index contributed by atoms with van der Waals surface area (Å²) in [5, 5.41) is 11.6. The molecule has 0 radical (unpaired) electrons. The Labute approximate surface area is 117 Å². The quantitative estimate of drug-likeness (QED) is 0.593. The highest BCUT2D eigenvalue weighted by molar-refractivity contribution is 5.85. The van der Waals surface area contributed by atoms with Crippen molar-refractivity contribution in [2.75, 3.05) is 7.11 Å². The van der Waals surface area contributed by atoms with Crippen LogP contribution in [0.2, 0.25) is 0 Å². The van der Waals surface area contributed by atoms with Gasteiger partial charge in [-0.05, 0) is 25.7 Å². The summed E-state index contributed by atoms with van der Waals surface area (Å²) in [6, 6.07) is -1.07. The van der Waals surface area contributed by atoms with Gasteiger partial charge in [-0.2, -0.15) is 0 Å². The molecule has 1 rings (SSSR count). The van der Waals surface area contributed by atoms with E-state index in [0.717, 1.165) is 19.3 Å². The van der Waals surface area contributed by atoms with Crippen LogP contribution >= 0.6 is 0 Å². The molecule has 1 amide bonds. The standard InChI is InChI=1S/C13H22N2O5/c1-20-11(16)6-5-10(13(18)19)15-12(17)8-3-2-4-9(14)7-8/h8-10H,2-7,14H2,1H3,(H,15,17)(H,18,19)/t8?,9?,10-/m1/s1. The third kappa shape index (κ3) is 5.16. The van der Waals surface area contributed by atoms with E-state index in [1.54, 1.807) is 0 Å². The van der Waals surface area contributed by atoms with Gasteiger partial charge in [-0.15, -0.1) is 0 Å². The van der Waals surface area contributed by atoms with Gasteiger partial charge in [0, 0.05) is 18.4 Å².